The number of thioether (sulfide) groups is 1. The van der Waals surface area contributed by atoms with Crippen LogP contribution in [0.2, 0.25) is 0 Å². The normalized spacial score (nSPS) is 18.0. The molecule has 0 saturated heterocycles. The monoisotopic (exact) mass is 574 g/mol. The van der Waals surface area contributed by atoms with Crippen LogP contribution >= 0.6 is 11.8 Å². The Hall–Kier alpha value is -3.31. The summed E-state index contributed by atoms with van der Waals surface area (Å²) in [5.74, 6) is 1.64. The van der Waals surface area contributed by atoms with Gasteiger partial charge in [-0.25, -0.2) is 4.79 Å². The molecule has 2 aliphatic rings. The summed E-state index contributed by atoms with van der Waals surface area (Å²) in [7, 11) is 0. The number of aliphatic imine (C=N–C) groups is 1. The van der Waals surface area contributed by atoms with E-state index in [0.29, 0.717) is 34.9 Å². The van der Waals surface area contributed by atoms with Crippen LogP contribution in [0.3, 0.4) is 0 Å². The maximum absolute atomic E-state index is 13.7. The molecule has 2 amide bonds. The number of carbonyl (C=O) groups is 2. The fourth-order valence-electron chi connectivity index (χ4n) is 5.79. The van der Waals surface area contributed by atoms with Gasteiger partial charge in [-0.1, -0.05) is 66.6 Å². The fourth-order valence-corrected chi connectivity index (χ4v) is 6.73. The number of aryl methyl sites for hydroxylation is 1. The molecular weight excluding hydrogens is 532 g/mol. The van der Waals surface area contributed by atoms with E-state index in [1.54, 1.807) is 18.7 Å². The molecule has 2 aliphatic carbocycles. The number of amides is 2. The van der Waals surface area contributed by atoms with Crippen molar-refractivity contribution >= 4 is 29.6 Å². The van der Waals surface area contributed by atoms with Gasteiger partial charge in [-0.2, -0.15) is 17.0 Å². The first-order chi connectivity index (χ1) is 19.9. The lowest BCUT2D eigenvalue weighted by Gasteiger charge is -2.47. The minimum atomic E-state index is -0.731. The van der Waals surface area contributed by atoms with Crippen molar-refractivity contribution in [2.24, 2.45) is 16.3 Å². The molecule has 0 aliphatic heterocycles. The van der Waals surface area contributed by atoms with Crippen LogP contribution in [0.4, 0.5) is 4.79 Å². The van der Waals surface area contributed by atoms with Crippen molar-refractivity contribution in [2.45, 2.75) is 83.1 Å². The predicted molar refractivity (Wildman–Crippen MR) is 165 cm³/mol. The van der Waals surface area contributed by atoms with Crippen LogP contribution in [0.1, 0.15) is 75.0 Å². The number of rotatable bonds is 11. The summed E-state index contributed by atoms with van der Waals surface area (Å²) in [4.78, 5) is 30.9. The minimum Gasteiger partial charge on any atom is -0.450 e. The number of nitriles is 1. The van der Waals surface area contributed by atoms with Crippen molar-refractivity contribution < 1.29 is 14.3 Å². The Morgan fingerprint density at radius 3 is 2.41 bits per heavy atom. The highest BCUT2D eigenvalue weighted by molar-refractivity contribution is 7.98. The van der Waals surface area contributed by atoms with Crippen LogP contribution in [0.25, 0.3) is 0 Å². The average molecular weight is 575 g/mol. The lowest BCUT2D eigenvalue weighted by Crippen LogP contribution is -2.44. The fraction of sp³-hybridized carbons (Fsp3) is 0.515. The SMILES string of the molecule is CCOC(=O)NC(=NC(CC1CCC2(CCC2)CC1)C(=O)NC(C#N)CSCc1ccc(C)cc1)c1ccccc1. The molecule has 41 heavy (non-hydrogen) atoms. The molecule has 1 spiro atoms. The zero-order chi connectivity index (χ0) is 29.1. The van der Waals surface area contributed by atoms with Gasteiger partial charge >= 0.3 is 6.09 Å². The summed E-state index contributed by atoms with van der Waals surface area (Å²) in [6, 6.07) is 18.5. The van der Waals surface area contributed by atoms with Crippen molar-refractivity contribution in [1.29, 1.82) is 5.26 Å². The molecule has 2 atom stereocenters. The lowest BCUT2D eigenvalue weighted by atomic mass is 9.59. The molecule has 2 aromatic rings. The number of nitrogens with one attached hydrogen (secondary N) is 2. The molecule has 0 heterocycles. The highest BCUT2D eigenvalue weighted by atomic mass is 32.2. The molecule has 2 fully saturated rings. The molecule has 2 saturated carbocycles. The molecule has 0 aromatic heterocycles. The first-order valence-corrected chi connectivity index (χ1v) is 16.0. The number of amidine groups is 1. The summed E-state index contributed by atoms with van der Waals surface area (Å²) < 4.78 is 5.12. The van der Waals surface area contributed by atoms with E-state index in [4.69, 9.17) is 9.73 Å². The van der Waals surface area contributed by atoms with E-state index >= 15 is 0 Å². The van der Waals surface area contributed by atoms with Gasteiger partial charge < -0.3 is 10.1 Å². The van der Waals surface area contributed by atoms with E-state index in [-0.39, 0.29) is 12.5 Å². The van der Waals surface area contributed by atoms with Crippen LogP contribution in [0.5, 0.6) is 0 Å². The van der Waals surface area contributed by atoms with Gasteiger partial charge in [0.1, 0.15) is 17.9 Å². The molecule has 4 rings (SSSR count). The first-order valence-electron chi connectivity index (χ1n) is 14.8. The zero-order valence-corrected chi connectivity index (χ0v) is 25.1. The first kappa shape index (κ1) is 30.6. The van der Waals surface area contributed by atoms with Gasteiger partial charge in [0, 0.05) is 17.1 Å². The molecule has 7 nitrogen and oxygen atoms in total. The van der Waals surface area contributed by atoms with Crippen molar-refractivity contribution in [1.82, 2.24) is 10.6 Å². The van der Waals surface area contributed by atoms with E-state index in [1.165, 1.54) is 43.2 Å². The number of ether oxygens (including phenoxy) is 1. The van der Waals surface area contributed by atoms with Gasteiger partial charge in [0.15, 0.2) is 0 Å². The Morgan fingerprint density at radius 2 is 1.80 bits per heavy atom. The molecule has 8 heteroatoms. The number of benzene rings is 2. The molecule has 0 radical (unpaired) electrons. The summed E-state index contributed by atoms with van der Waals surface area (Å²) in [5.41, 5.74) is 3.62. The maximum Gasteiger partial charge on any atom is 0.412 e. The Bertz CT molecular complexity index is 1210. The van der Waals surface area contributed by atoms with Crippen LogP contribution in [0.15, 0.2) is 59.6 Å². The Labute approximate surface area is 248 Å². The number of nitrogens with zero attached hydrogens (tertiary/aromatic N) is 2. The second kappa shape index (κ2) is 15.1. The largest absolute Gasteiger partial charge is 0.450 e. The smallest absolute Gasteiger partial charge is 0.412 e. The van der Waals surface area contributed by atoms with Crippen LogP contribution in [-0.4, -0.2) is 42.3 Å². The minimum absolute atomic E-state index is 0.228. The topological polar surface area (TPSA) is 104 Å². The third-order valence-corrected chi connectivity index (χ3v) is 9.52. The van der Waals surface area contributed by atoms with Crippen LogP contribution in [-0.2, 0) is 15.3 Å². The van der Waals surface area contributed by atoms with Gasteiger partial charge in [-0.15, -0.1) is 0 Å². The molecule has 2 aromatic carbocycles. The van der Waals surface area contributed by atoms with E-state index in [0.717, 1.165) is 18.6 Å². The van der Waals surface area contributed by atoms with Gasteiger partial charge in [0.2, 0.25) is 5.91 Å². The van der Waals surface area contributed by atoms with Crippen molar-refractivity contribution in [3.63, 3.8) is 0 Å². The van der Waals surface area contributed by atoms with Crippen molar-refractivity contribution in [3.8, 4) is 6.07 Å². The quantitative estimate of drug-likeness (QED) is 0.234. The number of carbonyl (C=O) groups excluding carboxylic acids is 2. The summed E-state index contributed by atoms with van der Waals surface area (Å²) in [6.07, 6.45) is 8.54. The van der Waals surface area contributed by atoms with Gasteiger partial charge in [0.25, 0.3) is 0 Å². The Morgan fingerprint density at radius 1 is 1.10 bits per heavy atom. The number of hydrogen-bond acceptors (Lipinski definition) is 6. The van der Waals surface area contributed by atoms with Crippen molar-refractivity contribution in [2.75, 3.05) is 12.4 Å². The highest BCUT2D eigenvalue weighted by Crippen LogP contribution is 2.53. The van der Waals surface area contributed by atoms with Gasteiger partial charge in [-0.05, 0) is 75.7 Å². The van der Waals surface area contributed by atoms with E-state index in [1.807, 2.05) is 30.3 Å². The summed E-state index contributed by atoms with van der Waals surface area (Å²) >= 11 is 1.62. The average Bonchev–Trinajstić information content (AvgIpc) is 2.97. The third-order valence-electron chi connectivity index (χ3n) is 8.41. The van der Waals surface area contributed by atoms with Gasteiger partial charge in [0.05, 0.1) is 12.7 Å². The molecule has 0 bridgehead atoms. The standard InChI is InChI=1S/C33H42N4O3S/c1-3-40-32(39)37-30(27-8-5-4-6-9-27)36-29(20-25-14-18-33(19-15-25)16-7-17-33)31(38)35-28(21-34)23-41-22-26-12-10-24(2)11-13-26/h4-6,8-13,25,28-29H,3,7,14-20,22-23H2,1-2H3,(H,35,38)(H,36,37,39). The summed E-state index contributed by atoms with van der Waals surface area (Å²) in [6.45, 7) is 4.03. The third kappa shape index (κ3) is 9.09. The second-order valence-electron chi connectivity index (χ2n) is 11.4. The van der Waals surface area contributed by atoms with E-state index in [9.17, 15) is 14.9 Å². The molecule has 2 unspecified atom stereocenters. The van der Waals surface area contributed by atoms with Crippen molar-refractivity contribution in [3.05, 3.63) is 71.3 Å². The van der Waals surface area contributed by atoms with E-state index in [2.05, 4.69) is 47.9 Å². The predicted octanol–water partition coefficient (Wildman–Crippen LogP) is 6.55. The summed E-state index contributed by atoms with van der Waals surface area (Å²) in [5, 5.41) is 15.6. The maximum atomic E-state index is 13.7. The Balaban J connectivity index is 1.48. The number of alkyl carbamates (subject to hydrolysis) is 1. The highest BCUT2D eigenvalue weighted by Gasteiger charge is 2.40. The lowest BCUT2D eigenvalue weighted by molar-refractivity contribution is -0.123. The Kier molecular flexibility index (Phi) is 11.3. The molecular formula is C33H42N4O3S. The van der Waals surface area contributed by atoms with Gasteiger partial charge in [-0.3, -0.25) is 15.1 Å². The molecule has 218 valence electrons. The second-order valence-corrected chi connectivity index (χ2v) is 12.5. The zero-order valence-electron chi connectivity index (χ0n) is 24.2. The van der Waals surface area contributed by atoms with Crippen LogP contribution < -0.4 is 10.6 Å². The molecule has 2 N–H and O–H groups in total. The number of hydrogen-bond donors (Lipinski definition) is 2. The van der Waals surface area contributed by atoms with Crippen LogP contribution in [0, 0.1) is 29.6 Å². The van der Waals surface area contributed by atoms with E-state index < -0.39 is 18.2 Å².